The summed E-state index contributed by atoms with van der Waals surface area (Å²) >= 11 is 6.94. The molecule has 0 saturated carbocycles. The first-order valence-electron chi connectivity index (χ1n) is 19.9. The van der Waals surface area contributed by atoms with Crippen molar-refractivity contribution >= 4 is 17.5 Å². The van der Waals surface area contributed by atoms with E-state index in [0.29, 0.717) is 65.4 Å². The van der Waals surface area contributed by atoms with Gasteiger partial charge >= 0.3 is 0 Å². The number of amides is 1. The van der Waals surface area contributed by atoms with Crippen molar-refractivity contribution in [3.63, 3.8) is 0 Å². The minimum absolute atomic E-state index is 0.0728. The second kappa shape index (κ2) is 18.3. The topological polar surface area (TPSA) is 120 Å². The van der Waals surface area contributed by atoms with Crippen LogP contribution in [0.2, 0.25) is 5.02 Å². The largest absolute Gasteiger partial charge is 0.493 e. The summed E-state index contributed by atoms with van der Waals surface area (Å²) in [5, 5.41) is 25.9. The summed E-state index contributed by atoms with van der Waals surface area (Å²) in [5.74, 6) is 2.11. The lowest BCUT2D eigenvalue weighted by Gasteiger charge is -2.33. The van der Waals surface area contributed by atoms with E-state index in [1.54, 1.807) is 18.2 Å². The quantitative estimate of drug-likeness (QED) is 0.115. The van der Waals surface area contributed by atoms with Gasteiger partial charge in [0, 0.05) is 49.8 Å². The number of carbonyl (C=O) groups excluding carboxylic acids is 1. The van der Waals surface area contributed by atoms with Crippen LogP contribution in [0.5, 0.6) is 17.2 Å². The van der Waals surface area contributed by atoms with Crippen LogP contribution >= 0.6 is 11.6 Å². The van der Waals surface area contributed by atoms with Crippen molar-refractivity contribution < 1.29 is 19.0 Å². The summed E-state index contributed by atoms with van der Waals surface area (Å²) in [7, 11) is 0. The van der Waals surface area contributed by atoms with Crippen LogP contribution < -0.4 is 24.8 Å². The first-order valence-corrected chi connectivity index (χ1v) is 20.3. The third-order valence-corrected chi connectivity index (χ3v) is 11.7. The monoisotopic (exact) mass is 771 g/mol. The molecule has 3 atom stereocenters. The summed E-state index contributed by atoms with van der Waals surface area (Å²) < 4.78 is 19.5. The molecule has 2 heterocycles. The number of rotatable bonds is 15. The van der Waals surface area contributed by atoms with Gasteiger partial charge in [0.1, 0.15) is 30.0 Å². The Kier molecular flexibility index (Phi) is 12.8. The summed E-state index contributed by atoms with van der Waals surface area (Å²) in [5.41, 5.74) is 8.26. The number of carbonyl (C=O) groups is 1. The van der Waals surface area contributed by atoms with Crippen LogP contribution in [0.15, 0.2) is 66.7 Å². The fourth-order valence-corrected chi connectivity index (χ4v) is 8.59. The van der Waals surface area contributed by atoms with Crippen LogP contribution in [0.3, 0.4) is 0 Å². The number of nitrogens with one attached hydrogen (secondary N) is 2. The highest BCUT2D eigenvalue weighted by Gasteiger charge is 2.29. The van der Waals surface area contributed by atoms with Gasteiger partial charge in [-0.05, 0) is 123 Å². The van der Waals surface area contributed by atoms with E-state index in [-0.39, 0.29) is 24.7 Å². The van der Waals surface area contributed by atoms with Crippen LogP contribution in [0.4, 0.5) is 0 Å². The maximum atomic E-state index is 11.7. The van der Waals surface area contributed by atoms with Crippen LogP contribution in [-0.4, -0.2) is 49.1 Å². The zero-order valence-electron chi connectivity index (χ0n) is 32.3. The number of fused-ring (bicyclic) bond motifs is 1. The summed E-state index contributed by atoms with van der Waals surface area (Å²) in [6, 6.07) is 26.5. The van der Waals surface area contributed by atoms with E-state index in [9.17, 15) is 15.3 Å². The van der Waals surface area contributed by atoms with Crippen LogP contribution in [0.25, 0.3) is 11.1 Å². The normalized spacial score (nSPS) is 19.2. The smallest absolute Gasteiger partial charge is 0.220 e. The molecular weight excluding hydrogens is 722 g/mol. The van der Waals surface area contributed by atoms with Gasteiger partial charge in [0.2, 0.25) is 5.91 Å². The average Bonchev–Trinajstić information content (AvgIpc) is 3.83. The standard InChI is InChI=1S/C46H50ClN5O4/c1-30-8-3-4-17-52(30)18-7-19-54-42-12-6-9-37(31(42)2)38-10-5-11-40-39(38)14-15-43(40)56-45-24-44(55-29-34-21-32(25-48)20-33(22-34)26-49)35(23-41(45)47)27-50-28-36-13-16-46(53)51-36/h5-6,9-12,20-24,30,36,43,50H,3-4,7-8,13-19,27-29H2,1-2H3,(H,51,53)/t30-,36+,43-/m0/s1. The minimum atomic E-state index is -0.201. The molecule has 56 heavy (non-hydrogen) atoms. The molecule has 290 valence electrons. The van der Waals surface area contributed by atoms with E-state index in [1.165, 1.54) is 42.5 Å². The molecule has 1 amide bonds. The molecule has 3 aliphatic rings. The second-order valence-corrected chi connectivity index (χ2v) is 15.7. The van der Waals surface area contributed by atoms with Gasteiger partial charge in [0.15, 0.2) is 0 Å². The van der Waals surface area contributed by atoms with Crippen molar-refractivity contribution in [3.8, 4) is 40.5 Å². The first kappa shape index (κ1) is 39.2. The number of ether oxygens (including phenoxy) is 3. The van der Waals surface area contributed by atoms with Crippen molar-refractivity contribution in [1.29, 1.82) is 10.5 Å². The number of benzene rings is 4. The van der Waals surface area contributed by atoms with E-state index < -0.39 is 0 Å². The van der Waals surface area contributed by atoms with Crippen LogP contribution in [0, 0.1) is 29.6 Å². The highest BCUT2D eigenvalue weighted by molar-refractivity contribution is 6.32. The van der Waals surface area contributed by atoms with E-state index in [0.717, 1.165) is 54.7 Å². The molecule has 2 saturated heterocycles. The molecule has 0 aromatic heterocycles. The Morgan fingerprint density at radius 2 is 1.71 bits per heavy atom. The number of likely N-dealkylation sites (tertiary alicyclic amines) is 1. The highest BCUT2D eigenvalue weighted by Crippen LogP contribution is 2.44. The molecule has 4 aromatic rings. The van der Waals surface area contributed by atoms with Gasteiger partial charge in [-0.15, -0.1) is 0 Å². The molecule has 7 rings (SSSR count). The lowest BCUT2D eigenvalue weighted by molar-refractivity contribution is -0.119. The van der Waals surface area contributed by atoms with E-state index in [4.69, 9.17) is 25.8 Å². The first-order chi connectivity index (χ1) is 27.3. The zero-order valence-corrected chi connectivity index (χ0v) is 33.1. The Balaban J connectivity index is 1.07. The Bertz CT molecular complexity index is 2110. The molecule has 4 aromatic carbocycles. The number of hydrogen-bond acceptors (Lipinski definition) is 8. The van der Waals surface area contributed by atoms with E-state index in [1.807, 2.05) is 12.1 Å². The van der Waals surface area contributed by atoms with Gasteiger partial charge in [0.05, 0.1) is 34.9 Å². The molecule has 0 unspecified atom stereocenters. The lowest BCUT2D eigenvalue weighted by Crippen LogP contribution is -2.38. The fourth-order valence-electron chi connectivity index (χ4n) is 8.36. The van der Waals surface area contributed by atoms with Gasteiger partial charge in [-0.25, -0.2) is 0 Å². The number of hydrogen-bond donors (Lipinski definition) is 2. The SMILES string of the molecule is Cc1c(OCCCN2CCCC[C@@H]2C)cccc1-c1cccc2c1CC[C@@H]2Oc1cc(OCc2cc(C#N)cc(C#N)c2)c(CNC[C@H]2CCC(=O)N2)cc1Cl. The molecule has 2 aliphatic heterocycles. The van der Waals surface area contributed by atoms with Crippen LogP contribution in [-0.2, 0) is 24.4 Å². The third-order valence-electron chi connectivity index (χ3n) is 11.4. The molecular formula is C46H50ClN5O4. The summed E-state index contributed by atoms with van der Waals surface area (Å²) in [6.07, 6.45) is 7.73. The molecule has 2 fully saturated rings. The maximum absolute atomic E-state index is 11.7. The lowest BCUT2D eigenvalue weighted by atomic mass is 9.93. The predicted molar refractivity (Wildman–Crippen MR) is 218 cm³/mol. The molecule has 10 heteroatoms. The van der Waals surface area contributed by atoms with Crippen LogP contribution in [0.1, 0.15) is 96.9 Å². The molecule has 0 bridgehead atoms. The van der Waals surface area contributed by atoms with Crippen molar-refractivity contribution in [1.82, 2.24) is 15.5 Å². The van der Waals surface area contributed by atoms with Gasteiger partial charge in [-0.3, -0.25) is 4.79 Å². The van der Waals surface area contributed by atoms with Gasteiger partial charge in [-0.2, -0.15) is 10.5 Å². The number of piperidine rings is 1. The third kappa shape index (κ3) is 9.31. The average molecular weight is 772 g/mol. The number of nitriles is 2. The van der Waals surface area contributed by atoms with Gasteiger partial charge < -0.3 is 29.7 Å². The van der Waals surface area contributed by atoms with Crippen molar-refractivity contribution in [3.05, 3.63) is 111 Å². The Hall–Kier alpha value is -5.06. The molecule has 9 nitrogen and oxygen atoms in total. The maximum Gasteiger partial charge on any atom is 0.220 e. The second-order valence-electron chi connectivity index (χ2n) is 15.3. The summed E-state index contributed by atoms with van der Waals surface area (Å²) in [6.45, 7) is 8.67. The van der Waals surface area contributed by atoms with Crippen molar-refractivity contribution in [2.24, 2.45) is 0 Å². The Morgan fingerprint density at radius 3 is 2.48 bits per heavy atom. The number of halogens is 1. The predicted octanol–water partition coefficient (Wildman–Crippen LogP) is 8.72. The van der Waals surface area contributed by atoms with Crippen molar-refractivity contribution in [2.45, 2.75) is 96.6 Å². The fraction of sp³-hybridized carbons (Fsp3) is 0.413. The molecule has 0 radical (unpaired) electrons. The van der Waals surface area contributed by atoms with E-state index in [2.05, 4.69) is 77.9 Å². The molecule has 1 aliphatic carbocycles. The molecule has 0 spiro atoms. The minimum Gasteiger partial charge on any atom is -0.493 e. The Labute approximate surface area is 335 Å². The highest BCUT2D eigenvalue weighted by atomic mass is 35.5. The van der Waals surface area contributed by atoms with E-state index >= 15 is 0 Å². The Morgan fingerprint density at radius 1 is 0.911 bits per heavy atom. The summed E-state index contributed by atoms with van der Waals surface area (Å²) in [4.78, 5) is 14.3. The zero-order chi connectivity index (χ0) is 39.0. The number of nitrogens with zero attached hydrogens (tertiary/aromatic N) is 3. The van der Waals surface area contributed by atoms with Crippen molar-refractivity contribution in [2.75, 3.05) is 26.2 Å². The molecule has 2 N–H and O–H groups in total. The van der Waals surface area contributed by atoms with Gasteiger partial charge in [0.25, 0.3) is 0 Å². The van der Waals surface area contributed by atoms with Gasteiger partial charge in [-0.1, -0.05) is 48.4 Å².